The maximum Gasteiger partial charge on any atom is 0.469 e. The van der Waals surface area contributed by atoms with Gasteiger partial charge in [-0.15, -0.1) is 0 Å². The van der Waals surface area contributed by atoms with Crippen molar-refractivity contribution < 1.29 is 28.3 Å². The first kappa shape index (κ1) is 17.5. The van der Waals surface area contributed by atoms with E-state index in [1.54, 1.807) is 13.8 Å². The van der Waals surface area contributed by atoms with Gasteiger partial charge in [0.25, 0.3) is 5.56 Å². The van der Waals surface area contributed by atoms with E-state index in [1.807, 2.05) is 0 Å². The van der Waals surface area contributed by atoms with Gasteiger partial charge in [-0.2, -0.15) is 0 Å². The van der Waals surface area contributed by atoms with E-state index in [-0.39, 0.29) is 12.5 Å². The number of nitrogens with one attached hydrogen (secondary N) is 1. The molecular weight excluding hydrogens is 343 g/mol. The van der Waals surface area contributed by atoms with E-state index < -0.39 is 43.1 Å². The number of H-pyrrole nitrogens is 1. The summed E-state index contributed by atoms with van der Waals surface area (Å²) in [5.74, 6) is -1.26. The Morgan fingerprint density at radius 1 is 1.38 bits per heavy atom. The molecule has 1 aliphatic carbocycles. The Balaban J connectivity index is 1.89. The molecule has 11 heteroatoms. The van der Waals surface area contributed by atoms with Crippen LogP contribution in [0.1, 0.15) is 26.3 Å². The molecule has 3 N–H and O–H groups in total. The van der Waals surface area contributed by atoms with Crippen molar-refractivity contribution >= 4 is 7.82 Å². The van der Waals surface area contributed by atoms with Crippen LogP contribution in [0, 0.1) is 5.92 Å². The maximum atomic E-state index is 12.1. The van der Waals surface area contributed by atoms with Crippen molar-refractivity contribution in [1.82, 2.24) is 9.55 Å². The second-order valence-corrected chi connectivity index (χ2v) is 7.67. The Kier molecular flexibility index (Phi) is 4.31. The van der Waals surface area contributed by atoms with Gasteiger partial charge in [0.1, 0.15) is 6.10 Å². The van der Waals surface area contributed by atoms with Gasteiger partial charge in [-0.1, -0.05) is 0 Å². The van der Waals surface area contributed by atoms with Crippen LogP contribution in [0.15, 0.2) is 21.9 Å². The number of rotatable bonds is 4. The summed E-state index contributed by atoms with van der Waals surface area (Å²) in [6.45, 7) is 3.22. The second kappa shape index (κ2) is 5.91. The van der Waals surface area contributed by atoms with Crippen LogP contribution < -0.4 is 11.2 Å². The van der Waals surface area contributed by atoms with E-state index in [0.29, 0.717) is 6.42 Å². The van der Waals surface area contributed by atoms with Crippen LogP contribution in [0.4, 0.5) is 0 Å². The average Bonchev–Trinajstić information content (AvgIpc) is 2.90. The lowest BCUT2D eigenvalue weighted by molar-refractivity contribution is -0.161. The Bertz CT molecular complexity index is 781. The number of phosphoric acid groups is 1. The van der Waals surface area contributed by atoms with Crippen molar-refractivity contribution in [2.24, 2.45) is 5.92 Å². The smallest absolute Gasteiger partial charge is 0.344 e. The lowest BCUT2D eigenvalue weighted by Crippen LogP contribution is -2.36. The summed E-state index contributed by atoms with van der Waals surface area (Å²) in [5, 5.41) is 0. The summed E-state index contributed by atoms with van der Waals surface area (Å²) in [6, 6.07) is 0.795. The molecule has 0 radical (unpaired) electrons. The third-order valence-electron chi connectivity index (χ3n) is 4.22. The van der Waals surface area contributed by atoms with Gasteiger partial charge in [0.2, 0.25) is 0 Å². The van der Waals surface area contributed by atoms with Gasteiger partial charge in [-0.25, -0.2) is 9.36 Å². The monoisotopic (exact) mass is 362 g/mol. The molecule has 2 aliphatic rings. The average molecular weight is 362 g/mol. The first-order valence-corrected chi connectivity index (χ1v) is 8.96. The number of ether oxygens (including phenoxy) is 2. The maximum absolute atomic E-state index is 12.1. The number of aromatic nitrogens is 2. The van der Waals surface area contributed by atoms with Crippen LogP contribution in [0.25, 0.3) is 0 Å². The van der Waals surface area contributed by atoms with Crippen molar-refractivity contribution in [3.63, 3.8) is 0 Å². The highest BCUT2D eigenvalue weighted by Gasteiger charge is 2.55. The Hall–Kier alpha value is -1.29. The summed E-state index contributed by atoms with van der Waals surface area (Å²) in [6.07, 6.45) is 0.769. The van der Waals surface area contributed by atoms with Crippen LogP contribution in [0.5, 0.6) is 0 Å². The lowest BCUT2D eigenvalue weighted by Gasteiger charge is -2.24. The number of fused-ring (bicyclic) bond motifs is 1. The molecule has 10 nitrogen and oxygen atoms in total. The van der Waals surface area contributed by atoms with E-state index in [1.165, 1.54) is 16.8 Å². The summed E-state index contributed by atoms with van der Waals surface area (Å²) in [7, 11) is -4.61. The van der Waals surface area contributed by atoms with Crippen LogP contribution in [-0.4, -0.2) is 43.9 Å². The van der Waals surface area contributed by atoms with Crippen LogP contribution in [0.3, 0.4) is 0 Å². The third-order valence-corrected chi connectivity index (χ3v) is 4.70. The molecule has 0 spiro atoms. The number of phosphoric ester groups is 1. The molecule has 4 atom stereocenters. The van der Waals surface area contributed by atoms with Crippen molar-refractivity contribution in [1.29, 1.82) is 0 Å². The first-order valence-electron chi connectivity index (χ1n) is 7.43. The number of hydrogen-bond acceptors (Lipinski definition) is 6. The fourth-order valence-electron chi connectivity index (χ4n) is 3.37. The molecule has 24 heavy (non-hydrogen) atoms. The highest BCUT2D eigenvalue weighted by molar-refractivity contribution is 7.46. The summed E-state index contributed by atoms with van der Waals surface area (Å²) in [5.41, 5.74) is -1.08. The largest absolute Gasteiger partial charge is 0.469 e. The topological polar surface area (TPSA) is 140 Å². The van der Waals surface area contributed by atoms with Crippen LogP contribution in [-0.2, 0) is 18.6 Å². The van der Waals surface area contributed by atoms with E-state index in [2.05, 4.69) is 9.51 Å². The first-order chi connectivity index (χ1) is 11.1. The SMILES string of the molecule is CC1(C)O[C@@H]2[C@@H](COP(=O)(O)O)C[C@@H](n3ccc(=O)[nH]c3=O)[C@@H]2O1. The van der Waals surface area contributed by atoms with Gasteiger partial charge in [-0.05, 0) is 20.3 Å². The molecule has 1 saturated carbocycles. The Morgan fingerprint density at radius 3 is 2.67 bits per heavy atom. The van der Waals surface area contributed by atoms with Gasteiger partial charge in [-0.3, -0.25) is 18.9 Å². The molecule has 3 rings (SSSR count). The number of aromatic amines is 1. The van der Waals surface area contributed by atoms with Crippen LogP contribution in [0.2, 0.25) is 0 Å². The van der Waals surface area contributed by atoms with Crippen molar-refractivity contribution in [3.05, 3.63) is 33.1 Å². The summed E-state index contributed by atoms with van der Waals surface area (Å²) >= 11 is 0. The highest BCUT2D eigenvalue weighted by Crippen LogP contribution is 2.48. The van der Waals surface area contributed by atoms with Gasteiger partial charge in [0.05, 0.1) is 18.8 Å². The molecule has 0 aromatic carbocycles. The Morgan fingerprint density at radius 2 is 2.04 bits per heavy atom. The fraction of sp³-hybridized carbons (Fsp3) is 0.692. The molecule has 0 amide bonds. The predicted molar refractivity (Wildman–Crippen MR) is 80.3 cm³/mol. The quantitative estimate of drug-likeness (QED) is 0.622. The highest BCUT2D eigenvalue weighted by atomic mass is 31.2. The molecule has 2 fully saturated rings. The van der Waals surface area contributed by atoms with Gasteiger partial charge >= 0.3 is 13.5 Å². The van der Waals surface area contributed by atoms with Crippen molar-refractivity contribution in [2.45, 2.75) is 44.3 Å². The van der Waals surface area contributed by atoms with Gasteiger partial charge in [0.15, 0.2) is 5.79 Å². The van der Waals surface area contributed by atoms with Crippen molar-refractivity contribution in [3.8, 4) is 0 Å². The number of nitrogens with zero attached hydrogens (tertiary/aromatic N) is 1. The molecular formula is C13H19N2O8P. The zero-order valence-electron chi connectivity index (χ0n) is 13.1. The van der Waals surface area contributed by atoms with Crippen LogP contribution >= 0.6 is 7.82 Å². The molecule has 134 valence electrons. The predicted octanol–water partition coefficient (Wildman–Crippen LogP) is -0.273. The molecule has 0 bridgehead atoms. The molecule has 1 aliphatic heterocycles. The van der Waals surface area contributed by atoms with E-state index in [9.17, 15) is 14.2 Å². The van der Waals surface area contributed by atoms with Gasteiger partial charge in [0, 0.05) is 18.2 Å². The standard InChI is InChI=1S/C13H19N2O8P/c1-13(2)22-10-7(6-21-24(18,19)20)5-8(11(10)23-13)15-4-3-9(16)14-12(15)17/h3-4,7-8,10-11H,5-6H2,1-2H3,(H,14,16,17)(H2,18,19,20)/t7-,8-,10-,11+/m1/s1. The minimum atomic E-state index is -4.61. The van der Waals surface area contributed by atoms with Crippen molar-refractivity contribution in [2.75, 3.05) is 6.61 Å². The Labute approximate surface area is 136 Å². The summed E-state index contributed by atoms with van der Waals surface area (Å²) in [4.78, 5) is 43.3. The van der Waals surface area contributed by atoms with E-state index >= 15 is 0 Å². The third kappa shape index (κ3) is 3.53. The zero-order valence-corrected chi connectivity index (χ0v) is 14.0. The van der Waals surface area contributed by atoms with E-state index in [4.69, 9.17) is 19.3 Å². The minimum absolute atomic E-state index is 0.223. The lowest BCUT2D eigenvalue weighted by atomic mass is 10.1. The molecule has 1 aromatic heterocycles. The molecule has 0 unspecified atom stereocenters. The fourth-order valence-corrected chi connectivity index (χ4v) is 3.76. The molecule has 1 aromatic rings. The summed E-state index contributed by atoms with van der Waals surface area (Å²) < 4.78 is 28.6. The van der Waals surface area contributed by atoms with E-state index in [0.717, 1.165) is 0 Å². The normalized spacial score (nSPS) is 32.0. The minimum Gasteiger partial charge on any atom is -0.344 e. The molecule has 2 heterocycles. The van der Waals surface area contributed by atoms with Gasteiger partial charge < -0.3 is 19.3 Å². The molecule has 1 saturated heterocycles. The second-order valence-electron chi connectivity index (χ2n) is 6.43. The number of hydrogen-bond donors (Lipinski definition) is 3. The zero-order chi connectivity index (χ0) is 17.7.